The van der Waals surface area contributed by atoms with E-state index >= 15 is 0 Å². The summed E-state index contributed by atoms with van der Waals surface area (Å²) in [6.07, 6.45) is 5.23. The Balaban J connectivity index is 2.10. The van der Waals surface area contributed by atoms with Gasteiger partial charge < -0.3 is 9.84 Å². The number of likely N-dealkylation sites (N-methyl/N-ethyl adjacent to an activating group) is 1. The molecule has 2 rings (SSSR count). The zero-order valence-corrected chi connectivity index (χ0v) is 12.6. The molecule has 5 nitrogen and oxygen atoms in total. The molecular weight excluding hydrogens is 308 g/mol. The topological polar surface area (TPSA) is 63.8 Å². The molecule has 0 bridgehead atoms. The van der Waals surface area contributed by atoms with E-state index in [0.717, 1.165) is 29.4 Å². The lowest BCUT2D eigenvalue weighted by Crippen LogP contribution is -2.30. The Bertz CT molecular complexity index is 529. The van der Waals surface area contributed by atoms with E-state index in [1.54, 1.807) is 12.4 Å². The smallest absolute Gasteiger partial charge is 0.228 e. The van der Waals surface area contributed by atoms with E-state index in [1.165, 1.54) is 0 Å². The average molecular weight is 325 g/mol. The van der Waals surface area contributed by atoms with Crippen molar-refractivity contribution < 1.29 is 4.52 Å². The molecule has 0 amide bonds. The van der Waals surface area contributed by atoms with Crippen molar-refractivity contribution in [3.05, 3.63) is 28.8 Å². The van der Waals surface area contributed by atoms with Gasteiger partial charge in [-0.3, -0.25) is 4.98 Å². The predicted molar refractivity (Wildman–Crippen MR) is 76.7 cm³/mol. The molecule has 0 saturated carbocycles. The summed E-state index contributed by atoms with van der Waals surface area (Å²) in [5.74, 6) is 1.23. The second-order valence-electron chi connectivity index (χ2n) is 4.27. The highest BCUT2D eigenvalue weighted by Crippen LogP contribution is 2.19. The SMILES string of the molecule is CCNC(CC)Cc1nc(-c2cncc(Br)c2)no1. The molecular formula is C13H17BrN4O. The summed E-state index contributed by atoms with van der Waals surface area (Å²) < 4.78 is 6.19. The number of aromatic nitrogens is 3. The quantitative estimate of drug-likeness (QED) is 0.885. The first-order valence-corrected chi connectivity index (χ1v) is 7.19. The Hall–Kier alpha value is -1.27. The van der Waals surface area contributed by atoms with Crippen LogP contribution in [0.5, 0.6) is 0 Å². The highest BCUT2D eigenvalue weighted by atomic mass is 79.9. The van der Waals surface area contributed by atoms with Crippen LogP contribution in [0.15, 0.2) is 27.5 Å². The minimum atomic E-state index is 0.374. The number of nitrogens with one attached hydrogen (secondary N) is 1. The van der Waals surface area contributed by atoms with Crippen molar-refractivity contribution in [3.63, 3.8) is 0 Å². The number of hydrogen-bond acceptors (Lipinski definition) is 5. The summed E-state index contributed by atoms with van der Waals surface area (Å²) in [7, 11) is 0. The molecule has 0 radical (unpaired) electrons. The third-order valence-corrected chi connectivity index (χ3v) is 3.27. The van der Waals surface area contributed by atoms with Crippen molar-refractivity contribution in [2.24, 2.45) is 0 Å². The van der Waals surface area contributed by atoms with Crippen molar-refractivity contribution in [1.29, 1.82) is 0 Å². The maximum absolute atomic E-state index is 5.29. The number of halogens is 1. The number of pyridine rings is 1. The first-order valence-electron chi connectivity index (χ1n) is 6.39. The molecule has 19 heavy (non-hydrogen) atoms. The molecule has 0 spiro atoms. The summed E-state index contributed by atoms with van der Waals surface area (Å²) in [6.45, 7) is 5.17. The van der Waals surface area contributed by atoms with Crippen molar-refractivity contribution >= 4 is 15.9 Å². The number of nitrogens with zero attached hydrogens (tertiary/aromatic N) is 3. The van der Waals surface area contributed by atoms with Crippen molar-refractivity contribution in [3.8, 4) is 11.4 Å². The van der Waals surface area contributed by atoms with E-state index in [-0.39, 0.29) is 0 Å². The maximum atomic E-state index is 5.29. The Morgan fingerprint density at radius 1 is 1.37 bits per heavy atom. The van der Waals surface area contributed by atoms with Gasteiger partial charge in [0.15, 0.2) is 0 Å². The lowest BCUT2D eigenvalue weighted by molar-refractivity contribution is 0.355. The summed E-state index contributed by atoms with van der Waals surface area (Å²) in [6, 6.07) is 2.29. The highest BCUT2D eigenvalue weighted by Gasteiger charge is 2.13. The molecule has 6 heteroatoms. The fourth-order valence-electron chi connectivity index (χ4n) is 1.85. The minimum absolute atomic E-state index is 0.374. The number of rotatable bonds is 6. The largest absolute Gasteiger partial charge is 0.339 e. The summed E-state index contributed by atoms with van der Waals surface area (Å²) in [5.41, 5.74) is 0.848. The van der Waals surface area contributed by atoms with Crippen molar-refractivity contribution in [2.75, 3.05) is 6.54 Å². The molecule has 0 fully saturated rings. The van der Waals surface area contributed by atoms with Crippen LogP contribution in [0.25, 0.3) is 11.4 Å². The molecule has 0 aliphatic heterocycles. The van der Waals surface area contributed by atoms with Gasteiger partial charge in [-0.25, -0.2) is 0 Å². The molecule has 2 heterocycles. The minimum Gasteiger partial charge on any atom is -0.339 e. The van der Waals surface area contributed by atoms with E-state index in [0.29, 0.717) is 17.8 Å². The van der Waals surface area contributed by atoms with Crippen LogP contribution < -0.4 is 5.32 Å². The maximum Gasteiger partial charge on any atom is 0.228 e. The normalized spacial score (nSPS) is 12.6. The molecule has 1 N–H and O–H groups in total. The van der Waals surface area contributed by atoms with Gasteiger partial charge in [-0.2, -0.15) is 4.98 Å². The molecule has 1 unspecified atom stereocenters. The van der Waals surface area contributed by atoms with Crippen LogP contribution in [-0.4, -0.2) is 27.7 Å². The standard InChI is InChI=1S/C13H17BrN4O/c1-3-11(16-4-2)6-12-17-13(18-19-12)9-5-10(14)8-15-7-9/h5,7-8,11,16H,3-4,6H2,1-2H3. The Morgan fingerprint density at radius 2 is 2.21 bits per heavy atom. The highest BCUT2D eigenvalue weighted by molar-refractivity contribution is 9.10. The molecule has 102 valence electrons. The van der Waals surface area contributed by atoms with Crippen LogP contribution in [0.4, 0.5) is 0 Å². The van der Waals surface area contributed by atoms with Crippen LogP contribution >= 0.6 is 15.9 Å². The van der Waals surface area contributed by atoms with Crippen molar-refractivity contribution in [1.82, 2.24) is 20.4 Å². The van der Waals surface area contributed by atoms with Gasteiger partial charge in [0.25, 0.3) is 0 Å². The van der Waals surface area contributed by atoms with Crippen LogP contribution in [0.3, 0.4) is 0 Å². The van der Waals surface area contributed by atoms with Crippen LogP contribution in [0, 0.1) is 0 Å². The Morgan fingerprint density at radius 3 is 2.89 bits per heavy atom. The molecule has 1 atom stereocenters. The van der Waals surface area contributed by atoms with Gasteiger partial charge in [-0.15, -0.1) is 0 Å². The van der Waals surface area contributed by atoms with Gasteiger partial charge in [0, 0.05) is 34.9 Å². The number of hydrogen-bond donors (Lipinski definition) is 1. The van der Waals surface area contributed by atoms with E-state index < -0.39 is 0 Å². The Kier molecular flexibility index (Phi) is 5.04. The lowest BCUT2D eigenvalue weighted by atomic mass is 10.1. The fraction of sp³-hybridized carbons (Fsp3) is 0.462. The predicted octanol–water partition coefficient (Wildman–Crippen LogP) is 2.82. The molecule has 2 aromatic heterocycles. The molecule has 0 aliphatic rings. The van der Waals surface area contributed by atoms with E-state index in [1.807, 2.05) is 6.07 Å². The zero-order valence-electron chi connectivity index (χ0n) is 11.1. The molecule has 0 aliphatic carbocycles. The van der Waals surface area contributed by atoms with Crippen molar-refractivity contribution in [2.45, 2.75) is 32.7 Å². The summed E-state index contributed by atoms with van der Waals surface area (Å²) in [5, 5.41) is 7.39. The first kappa shape index (κ1) is 14.1. The zero-order chi connectivity index (χ0) is 13.7. The van der Waals surface area contributed by atoms with Gasteiger partial charge in [-0.05, 0) is 35.0 Å². The van der Waals surface area contributed by atoms with Gasteiger partial charge in [0.05, 0.1) is 0 Å². The van der Waals surface area contributed by atoms with Gasteiger partial charge in [0.1, 0.15) is 0 Å². The molecule has 2 aromatic rings. The lowest BCUT2D eigenvalue weighted by Gasteiger charge is -2.12. The fourth-order valence-corrected chi connectivity index (χ4v) is 2.21. The van der Waals surface area contributed by atoms with Crippen LogP contribution in [0.2, 0.25) is 0 Å². The Labute approximate surface area is 121 Å². The average Bonchev–Trinajstić information content (AvgIpc) is 2.87. The van der Waals surface area contributed by atoms with Gasteiger partial charge in [-0.1, -0.05) is 19.0 Å². The second kappa shape index (κ2) is 6.77. The monoisotopic (exact) mass is 324 g/mol. The first-order chi connectivity index (χ1) is 9.22. The van der Waals surface area contributed by atoms with E-state index in [9.17, 15) is 0 Å². The summed E-state index contributed by atoms with van der Waals surface area (Å²) >= 11 is 3.38. The third kappa shape index (κ3) is 3.84. The van der Waals surface area contributed by atoms with Crippen LogP contribution in [-0.2, 0) is 6.42 Å². The van der Waals surface area contributed by atoms with Gasteiger partial charge >= 0.3 is 0 Å². The van der Waals surface area contributed by atoms with E-state index in [2.05, 4.69) is 50.2 Å². The molecule has 0 saturated heterocycles. The van der Waals surface area contributed by atoms with E-state index in [4.69, 9.17) is 4.52 Å². The summed E-state index contributed by atoms with van der Waals surface area (Å²) in [4.78, 5) is 8.51. The molecule has 0 aromatic carbocycles. The second-order valence-corrected chi connectivity index (χ2v) is 5.19. The van der Waals surface area contributed by atoms with Crippen LogP contribution in [0.1, 0.15) is 26.2 Å². The van der Waals surface area contributed by atoms with Gasteiger partial charge in [0.2, 0.25) is 11.7 Å². The third-order valence-electron chi connectivity index (χ3n) is 2.84.